The highest BCUT2D eigenvalue weighted by atomic mass is 19.1. The van der Waals surface area contributed by atoms with Crippen LogP contribution >= 0.6 is 0 Å². The first kappa shape index (κ1) is 17.8. The van der Waals surface area contributed by atoms with Crippen LogP contribution in [0.1, 0.15) is 44.1 Å². The molecule has 0 aliphatic heterocycles. The van der Waals surface area contributed by atoms with Crippen molar-refractivity contribution in [1.29, 1.82) is 0 Å². The zero-order chi connectivity index (χ0) is 18.0. The Morgan fingerprint density at radius 3 is 2.68 bits per heavy atom. The third-order valence-corrected chi connectivity index (χ3v) is 5.63. The number of carbonyl (C=O) groups excluding carboxylic acids is 1. The van der Waals surface area contributed by atoms with Crippen molar-refractivity contribution in [3.63, 3.8) is 0 Å². The molecule has 1 saturated carbocycles. The van der Waals surface area contributed by atoms with Crippen LogP contribution in [-0.2, 0) is 9.63 Å². The molecule has 0 spiro atoms. The summed E-state index contributed by atoms with van der Waals surface area (Å²) in [5.41, 5.74) is 2.02. The second kappa shape index (κ2) is 7.48. The molecule has 1 unspecified atom stereocenters. The lowest BCUT2D eigenvalue weighted by atomic mass is 9.73. The second-order valence-electron chi connectivity index (χ2n) is 6.98. The molecule has 4 nitrogen and oxygen atoms in total. The highest BCUT2D eigenvalue weighted by Crippen LogP contribution is 2.41. The van der Waals surface area contributed by atoms with Gasteiger partial charge >= 0.3 is 0 Å². The fourth-order valence-corrected chi connectivity index (χ4v) is 4.00. The van der Waals surface area contributed by atoms with Gasteiger partial charge in [0.2, 0.25) is 5.91 Å². The molecule has 25 heavy (non-hydrogen) atoms. The molecule has 134 valence electrons. The van der Waals surface area contributed by atoms with Crippen LogP contribution in [0.15, 0.2) is 30.5 Å². The van der Waals surface area contributed by atoms with Crippen molar-refractivity contribution in [3.05, 3.63) is 41.8 Å². The molecule has 0 bridgehead atoms. The molecule has 3 rings (SSSR count). The highest BCUT2D eigenvalue weighted by molar-refractivity contribution is 5.82. The van der Waals surface area contributed by atoms with E-state index in [1.807, 2.05) is 13.0 Å². The lowest BCUT2D eigenvalue weighted by molar-refractivity contribution is -0.175. The molecular weight excluding hydrogens is 319 g/mol. The molecule has 2 aromatic rings. The van der Waals surface area contributed by atoms with Gasteiger partial charge in [-0.25, -0.2) is 9.45 Å². The number of carbonyl (C=O) groups is 1. The van der Waals surface area contributed by atoms with Gasteiger partial charge in [0.25, 0.3) is 0 Å². The van der Waals surface area contributed by atoms with Gasteiger partial charge in [-0.15, -0.1) is 0 Å². The lowest BCUT2D eigenvalue weighted by Crippen LogP contribution is -2.35. The Hall–Kier alpha value is -2.01. The van der Waals surface area contributed by atoms with Gasteiger partial charge in [0.15, 0.2) is 0 Å². The molecule has 1 aromatic carbocycles. The third-order valence-electron chi connectivity index (χ3n) is 5.63. The standard InChI is InChI=1S/C20H25FN2O2/c1-13(20(24)23(2)25-3)14-4-6-15(7-5-14)17-10-11-22-19-9-8-16(21)12-18(17)19/h8-15H,4-7H2,1-3H3. The van der Waals surface area contributed by atoms with Gasteiger partial charge in [-0.3, -0.25) is 14.6 Å². The largest absolute Gasteiger partial charge is 0.275 e. The van der Waals surface area contributed by atoms with Crippen LogP contribution in [0, 0.1) is 17.7 Å². The van der Waals surface area contributed by atoms with E-state index < -0.39 is 0 Å². The second-order valence-corrected chi connectivity index (χ2v) is 6.98. The maximum atomic E-state index is 13.7. The molecule has 1 heterocycles. The number of pyridine rings is 1. The monoisotopic (exact) mass is 344 g/mol. The van der Waals surface area contributed by atoms with Crippen molar-refractivity contribution in [2.45, 2.75) is 38.5 Å². The minimum absolute atomic E-state index is 0.0300. The zero-order valence-electron chi connectivity index (χ0n) is 15.0. The first-order valence-electron chi connectivity index (χ1n) is 8.87. The Bertz CT molecular complexity index is 756. The number of hydroxylamine groups is 2. The molecule has 1 aliphatic rings. The minimum Gasteiger partial charge on any atom is -0.275 e. The van der Waals surface area contributed by atoms with E-state index in [-0.39, 0.29) is 17.6 Å². The lowest BCUT2D eigenvalue weighted by Gasteiger charge is -2.33. The van der Waals surface area contributed by atoms with E-state index in [1.165, 1.54) is 23.8 Å². The number of aromatic nitrogens is 1. The number of hydrogen-bond acceptors (Lipinski definition) is 3. The van der Waals surface area contributed by atoms with E-state index in [0.717, 1.165) is 36.6 Å². The van der Waals surface area contributed by atoms with Crippen molar-refractivity contribution in [1.82, 2.24) is 10.0 Å². The van der Waals surface area contributed by atoms with Gasteiger partial charge in [-0.05, 0) is 67.3 Å². The Morgan fingerprint density at radius 2 is 2.00 bits per heavy atom. The van der Waals surface area contributed by atoms with Crippen LogP contribution in [-0.4, -0.2) is 30.1 Å². The topological polar surface area (TPSA) is 42.4 Å². The molecule has 1 fully saturated rings. The van der Waals surface area contributed by atoms with Crippen LogP contribution in [0.25, 0.3) is 10.9 Å². The van der Waals surface area contributed by atoms with Gasteiger partial charge in [0, 0.05) is 24.5 Å². The van der Waals surface area contributed by atoms with E-state index in [2.05, 4.69) is 4.98 Å². The fourth-order valence-electron chi connectivity index (χ4n) is 4.00. The average molecular weight is 344 g/mol. The predicted molar refractivity (Wildman–Crippen MR) is 95.3 cm³/mol. The molecule has 5 heteroatoms. The van der Waals surface area contributed by atoms with Gasteiger partial charge < -0.3 is 0 Å². The van der Waals surface area contributed by atoms with Crippen molar-refractivity contribution < 1.29 is 14.0 Å². The number of hydrogen-bond donors (Lipinski definition) is 0. The summed E-state index contributed by atoms with van der Waals surface area (Å²) in [4.78, 5) is 21.6. The van der Waals surface area contributed by atoms with E-state index in [4.69, 9.17) is 4.84 Å². The van der Waals surface area contributed by atoms with Crippen molar-refractivity contribution in [2.75, 3.05) is 14.2 Å². The summed E-state index contributed by atoms with van der Waals surface area (Å²) in [5, 5.41) is 2.23. The maximum absolute atomic E-state index is 13.7. The summed E-state index contributed by atoms with van der Waals surface area (Å²) in [7, 11) is 3.16. The number of rotatable bonds is 4. The van der Waals surface area contributed by atoms with Crippen molar-refractivity contribution >= 4 is 16.8 Å². The first-order valence-corrected chi connectivity index (χ1v) is 8.87. The van der Waals surface area contributed by atoms with Crippen LogP contribution in [0.5, 0.6) is 0 Å². The molecule has 1 aromatic heterocycles. The summed E-state index contributed by atoms with van der Waals surface area (Å²) in [6.45, 7) is 1.99. The number of fused-ring (bicyclic) bond motifs is 1. The SMILES string of the molecule is CON(C)C(=O)C(C)C1CCC(c2ccnc3ccc(F)cc23)CC1. The zero-order valence-corrected chi connectivity index (χ0v) is 15.0. The van der Waals surface area contributed by atoms with Gasteiger partial charge in [0.05, 0.1) is 12.6 Å². The molecule has 0 radical (unpaired) electrons. The number of amides is 1. The van der Waals surface area contributed by atoms with Gasteiger partial charge in [-0.2, -0.15) is 0 Å². The molecule has 1 aliphatic carbocycles. The Morgan fingerprint density at radius 1 is 1.28 bits per heavy atom. The Kier molecular flexibility index (Phi) is 5.33. The minimum atomic E-state index is -0.225. The Labute approximate surface area is 147 Å². The molecule has 1 atom stereocenters. The van der Waals surface area contributed by atoms with Gasteiger partial charge in [0.1, 0.15) is 5.82 Å². The maximum Gasteiger partial charge on any atom is 0.248 e. The van der Waals surface area contributed by atoms with Gasteiger partial charge in [-0.1, -0.05) is 6.92 Å². The van der Waals surface area contributed by atoms with E-state index in [1.54, 1.807) is 25.4 Å². The van der Waals surface area contributed by atoms with E-state index in [9.17, 15) is 9.18 Å². The summed E-state index contributed by atoms with van der Waals surface area (Å²) in [6.07, 6.45) is 5.81. The Balaban J connectivity index is 1.73. The summed E-state index contributed by atoms with van der Waals surface area (Å²) in [6, 6.07) is 6.79. The van der Waals surface area contributed by atoms with E-state index >= 15 is 0 Å². The van der Waals surface area contributed by atoms with E-state index in [0.29, 0.717) is 11.8 Å². The van der Waals surface area contributed by atoms with Crippen molar-refractivity contribution in [3.8, 4) is 0 Å². The number of halogens is 1. The van der Waals surface area contributed by atoms with Crippen molar-refractivity contribution in [2.24, 2.45) is 11.8 Å². The van der Waals surface area contributed by atoms with Crippen LogP contribution in [0.2, 0.25) is 0 Å². The smallest absolute Gasteiger partial charge is 0.248 e. The van der Waals surface area contributed by atoms with Crippen LogP contribution in [0.4, 0.5) is 4.39 Å². The third kappa shape index (κ3) is 3.66. The quantitative estimate of drug-likeness (QED) is 0.777. The first-order chi connectivity index (χ1) is 12.0. The fraction of sp³-hybridized carbons (Fsp3) is 0.500. The molecular formula is C20H25FN2O2. The van der Waals surface area contributed by atoms with Crippen LogP contribution < -0.4 is 0 Å². The summed E-state index contributed by atoms with van der Waals surface area (Å²) >= 11 is 0. The average Bonchev–Trinajstić information content (AvgIpc) is 2.65. The normalized spacial score (nSPS) is 21.9. The number of nitrogens with zero attached hydrogens (tertiary/aromatic N) is 2. The predicted octanol–water partition coefficient (Wildman–Crippen LogP) is 4.30. The molecule has 1 amide bonds. The molecule has 0 saturated heterocycles. The number of benzene rings is 1. The van der Waals surface area contributed by atoms with Crippen LogP contribution in [0.3, 0.4) is 0 Å². The summed E-state index contributed by atoms with van der Waals surface area (Å²) in [5.74, 6) is 0.523. The molecule has 0 N–H and O–H groups in total. The summed E-state index contributed by atoms with van der Waals surface area (Å²) < 4.78 is 13.7. The highest BCUT2D eigenvalue weighted by Gasteiger charge is 2.31.